The number of nitrogens with two attached hydrogens (primary N) is 1. The minimum absolute atomic E-state index is 0.0148. The number of primary amides is 1. The highest BCUT2D eigenvalue weighted by Gasteiger charge is 2.69. The molecular weight excluding hydrogens is 440 g/mol. The third kappa shape index (κ3) is 3.06. The fraction of sp³-hybridized carbons (Fsp3) is 0.440. The quantitative estimate of drug-likeness (QED) is 0.433. The lowest BCUT2D eigenvalue weighted by molar-refractivity contribution is -0.182. The number of carbonyl (C=O) groups is 5. The summed E-state index contributed by atoms with van der Waals surface area (Å²) >= 11 is 0. The van der Waals surface area contributed by atoms with E-state index in [1.807, 2.05) is 6.07 Å². The molecule has 0 aliphatic heterocycles. The number of amides is 1. The molecule has 3 aliphatic rings. The predicted molar refractivity (Wildman–Crippen MR) is 117 cm³/mol. The molecule has 4 rings (SSSR count). The zero-order chi connectivity index (χ0) is 25.1. The van der Waals surface area contributed by atoms with Gasteiger partial charge in [0.05, 0.1) is 17.6 Å². The lowest BCUT2D eigenvalue weighted by atomic mass is 9.49. The van der Waals surface area contributed by atoms with Crippen LogP contribution in [0.5, 0.6) is 5.75 Å². The zero-order valence-electron chi connectivity index (χ0n) is 18.6. The van der Waals surface area contributed by atoms with Gasteiger partial charge in [0, 0.05) is 17.9 Å². The van der Waals surface area contributed by atoms with Crippen LogP contribution >= 0.6 is 0 Å². The van der Waals surface area contributed by atoms with Crippen molar-refractivity contribution in [1.29, 1.82) is 5.26 Å². The molecule has 2 saturated carbocycles. The van der Waals surface area contributed by atoms with Crippen molar-refractivity contribution in [2.75, 3.05) is 0 Å². The Morgan fingerprint density at radius 3 is 2.50 bits per heavy atom. The van der Waals surface area contributed by atoms with Crippen LogP contribution in [0.15, 0.2) is 18.2 Å². The molecule has 9 heteroatoms. The van der Waals surface area contributed by atoms with Gasteiger partial charge in [-0.3, -0.25) is 24.0 Å². The summed E-state index contributed by atoms with van der Waals surface area (Å²) in [6.07, 6.45) is 2.90. The first kappa shape index (κ1) is 23.5. The number of fused-ring (bicyclic) bond motifs is 3. The van der Waals surface area contributed by atoms with Crippen LogP contribution in [0.2, 0.25) is 0 Å². The summed E-state index contributed by atoms with van der Waals surface area (Å²) in [6.45, 7) is 3.38. The molecule has 0 aromatic heterocycles. The van der Waals surface area contributed by atoms with Gasteiger partial charge < -0.3 is 15.9 Å². The topological polar surface area (TPSA) is 176 Å². The van der Waals surface area contributed by atoms with E-state index in [2.05, 4.69) is 0 Å². The van der Waals surface area contributed by atoms with Crippen LogP contribution in [0.1, 0.15) is 41.8 Å². The molecule has 4 N–H and O–H groups in total. The van der Waals surface area contributed by atoms with E-state index in [1.165, 1.54) is 18.2 Å². The number of Topliss-reactive ketones (excluding diaryl/α,β-unsaturated/α-hetero) is 4. The Morgan fingerprint density at radius 1 is 1.24 bits per heavy atom. The monoisotopic (exact) mass is 464 g/mol. The molecular formula is C25H24N2O7. The molecule has 9 nitrogen and oxygen atoms in total. The molecule has 1 aromatic carbocycles. The highest BCUT2D eigenvalue weighted by atomic mass is 16.3. The molecule has 3 aliphatic carbocycles. The van der Waals surface area contributed by atoms with Gasteiger partial charge in [0.15, 0.2) is 34.7 Å². The zero-order valence-corrected chi connectivity index (χ0v) is 18.6. The van der Waals surface area contributed by atoms with Gasteiger partial charge in [0.1, 0.15) is 5.75 Å². The fourth-order valence-corrected chi connectivity index (χ4v) is 6.16. The van der Waals surface area contributed by atoms with E-state index in [0.29, 0.717) is 11.1 Å². The number of phenolic OH excluding ortho intramolecular Hbond substituents is 1. The van der Waals surface area contributed by atoms with Crippen molar-refractivity contribution in [1.82, 2.24) is 0 Å². The van der Waals surface area contributed by atoms with Crippen molar-refractivity contribution in [2.24, 2.45) is 41.2 Å². The average Bonchev–Trinajstić information content (AvgIpc) is 2.75. The maximum absolute atomic E-state index is 13.7. The number of benzene rings is 1. The van der Waals surface area contributed by atoms with Crippen LogP contribution in [-0.4, -0.2) is 44.9 Å². The highest BCUT2D eigenvalue weighted by Crippen LogP contribution is 2.53. The molecule has 0 spiro atoms. The van der Waals surface area contributed by atoms with E-state index in [4.69, 9.17) is 11.0 Å². The molecule has 34 heavy (non-hydrogen) atoms. The Hall–Kier alpha value is -3.64. The molecule has 0 radical (unpaired) electrons. The lowest BCUT2D eigenvalue weighted by Gasteiger charge is -2.52. The second-order valence-corrected chi connectivity index (χ2v) is 9.64. The largest absolute Gasteiger partial charge is 0.507 e. The van der Waals surface area contributed by atoms with E-state index >= 15 is 0 Å². The summed E-state index contributed by atoms with van der Waals surface area (Å²) in [6, 6.07) is 4.70. The third-order valence-electron chi connectivity index (χ3n) is 7.57. The Labute approximate surface area is 195 Å². The minimum Gasteiger partial charge on any atom is -0.507 e. The van der Waals surface area contributed by atoms with E-state index in [9.17, 15) is 34.2 Å². The van der Waals surface area contributed by atoms with Gasteiger partial charge in [0.25, 0.3) is 0 Å². The second-order valence-electron chi connectivity index (χ2n) is 9.64. The molecule has 2 fully saturated rings. The Balaban J connectivity index is 1.88. The minimum atomic E-state index is -2.70. The van der Waals surface area contributed by atoms with E-state index in [1.54, 1.807) is 19.9 Å². The standard InChI is InChI=1S/C25H24N2O7/c1-10(2)16-14-9-12-8-13-11(4-3-7-26)5-6-15(28)18(13)21(30)17(12)22(31)25(14,34)23(32)19(20(16)29)24(27)33/h3-6,10,12,14,16-17,19,28,34H,8-9H2,1-2H3,(H2,27,33)/t12-,14-,16-,17?,19?,25-/m0/s1. The Kier molecular flexibility index (Phi) is 5.53. The number of phenols is 1. The molecule has 176 valence electrons. The second kappa shape index (κ2) is 7.99. The summed E-state index contributed by atoms with van der Waals surface area (Å²) in [5.74, 6) is -11.9. The van der Waals surface area contributed by atoms with Crippen LogP contribution in [-0.2, 0) is 25.6 Å². The molecule has 0 bridgehead atoms. The first-order chi connectivity index (χ1) is 16.0. The predicted octanol–water partition coefficient (Wildman–Crippen LogP) is 0.746. The number of hydrogen-bond donors (Lipinski definition) is 3. The average molecular weight is 464 g/mol. The fourth-order valence-electron chi connectivity index (χ4n) is 6.16. The first-order valence-corrected chi connectivity index (χ1v) is 11.1. The molecule has 0 saturated heterocycles. The van der Waals surface area contributed by atoms with Crippen molar-refractivity contribution >= 4 is 35.1 Å². The third-order valence-corrected chi connectivity index (χ3v) is 7.57. The summed E-state index contributed by atoms with van der Waals surface area (Å²) in [5, 5.41) is 30.8. The Morgan fingerprint density at radius 2 is 1.91 bits per heavy atom. The van der Waals surface area contributed by atoms with E-state index < -0.39 is 70.1 Å². The van der Waals surface area contributed by atoms with Crippen LogP contribution in [0.3, 0.4) is 0 Å². The van der Waals surface area contributed by atoms with Crippen LogP contribution in [0.25, 0.3) is 6.08 Å². The van der Waals surface area contributed by atoms with Gasteiger partial charge in [-0.25, -0.2) is 0 Å². The lowest BCUT2D eigenvalue weighted by Crippen LogP contribution is -2.71. The summed E-state index contributed by atoms with van der Waals surface area (Å²) in [7, 11) is 0. The highest BCUT2D eigenvalue weighted by molar-refractivity contribution is 6.31. The van der Waals surface area contributed by atoms with Crippen LogP contribution in [0.4, 0.5) is 0 Å². The van der Waals surface area contributed by atoms with Crippen molar-refractivity contribution in [3.8, 4) is 11.8 Å². The number of nitrogens with zero attached hydrogens (tertiary/aromatic N) is 1. The van der Waals surface area contributed by atoms with Gasteiger partial charge in [-0.15, -0.1) is 0 Å². The van der Waals surface area contributed by atoms with Gasteiger partial charge in [-0.1, -0.05) is 19.9 Å². The summed E-state index contributed by atoms with van der Waals surface area (Å²) in [5.41, 5.74) is 3.49. The number of hydrogen-bond acceptors (Lipinski definition) is 8. The number of aliphatic hydroxyl groups is 1. The maximum Gasteiger partial charge on any atom is 0.235 e. The SMILES string of the molecule is CC(C)[C@@H]1C(=O)C(C(N)=O)C(=O)[C@@]2(O)C(=O)C3C(=O)c4c(O)ccc(C=CC#N)c4C[C@H]3C[C@@H]12. The van der Waals surface area contributed by atoms with Crippen LogP contribution < -0.4 is 5.73 Å². The molecule has 2 unspecified atom stereocenters. The van der Waals surface area contributed by atoms with Gasteiger partial charge in [-0.2, -0.15) is 5.26 Å². The summed E-state index contributed by atoms with van der Waals surface area (Å²) in [4.78, 5) is 65.4. The maximum atomic E-state index is 13.7. The molecule has 1 amide bonds. The molecule has 0 heterocycles. The molecule has 6 atom stereocenters. The van der Waals surface area contributed by atoms with Crippen molar-refractivity contribution in [3.63, 3.8) is 0 Å². The number of allylic oxidation sites excluding steroid dienone is 1. The van der Waals surface area contributed by atoms with Gasteiger partial charge in [-0.05, 0) is 47.9 Å². The van der Waals surface area contributed by atoms with Crippen molar-refractivity contribution in [3.05, 3.63) is 34.9 Å². The Bertz CT molecular complexity index is 1220. The first-order valence-electron chi connectivity index (χ1n) is 11.1. The normalized spacial score (nSPS) is 32.9. The number of aromatic hydroxyl groups is 1. The number of nitriles is 1. The van der Waals surface area contributed by atoms with E-state index in [-0.39, 0.29) is 24.2 Å². The molecule has 1 aromatic rings. The van der Waals surface area contributed by atoms with Crippen LogP contribution in [0, 0.1) is 46.8 Å². The number of carbonyl (C=O) groups excluding carboxylic acids is 5. The number of rotatable bonds is 3. The smallest absolute Gasteiger partial charge is 0.235 e. The van der Waals surface area contributed by atoms with E-state index in [0.717, 1.165) is 0 Å². The van der Waals surface area contributed by atoms with Gasteiger partial charge in [0.2, 0.25) is 5.91 Å². The van der Waals surface area contributed by atoms with Gasteiger partial charge >= 0.3 is 0 Å². The summed E-state index contributed by atoms with van der Waals surface area (Å²) < 4.78 is 0. The van der Waals surface area contributed by atoms with Crippen molar-refractivity contribution < 1.29 is 34.2 Å². The number of ketones is 4. The van der Waals surface area contributed by atoms with Crippen molar-refractivity contribution in [2.45, 2.75) is 32.3 Å².